The maximum absolute atomic E-state index is 15.3. The van der Waals surface area contributed by atoms with E-state index >= 15 is 4.39 Å². The molecule has 5 aliphatic rings. The van der Waals surface area contributed by atoms with E-state index in [9.17, 15) is 9.18 Å². The van der Waals surface area contributed by atoms with Gasteiger partial charge in [0.25, 0.3) is 0 Å². The molecule has 0 N–H and O–H groups in total. The van der Waals surface area contributed by atoms with Crippen LogP contribution in [0.15, 0.2) is 36.7 Å². The Kier molecular flexibility index (Phi) is 7.55. The fourth-order valence-electron chi connectivity index (χ4n) is 9.49. The van der Waals surface area contributed by atoms with E-state index in [1.165, 1.54) is 12.1 Å². The number of morpholine rings is 1. The molecule has 1 saturated carbocycles. The van der Waals surface area contributed by atoms with Gasteiger partial charge in [0.05, 0.1) is 29.8 Å². The molecule has 1 aliphatic carbocycles. The molecule has 2 bridgehead atoms. The highest BCUT2D eigenvalue weighted by atomic mass is 35.5. The average Bonchev–Trinajstić information content (AvgIpc) is 3.88. The highest BCUT2D eigenvalue weighted by Crippen LogP contribution is 2.56. The summed E-state index contributed by atoms with van der Waals surface area (Å²) < 4.78 is 44.0. The summed E-state index contributed by atoms with van der Waals surface area (Å²) in [7, 11) is 1.90. The highest BCUT2D eigenvalue weighted by Gasteiger charge is 2.54. The third-order valence-electron chi connectivity index (χ3n) is 11.9. The minimum atomic E-state index is -0.605. The summed E-state index contributed by atoms with van der Waals surface area (Å²) in [6, 6.07) is 8.50. The minimum Gasteiger partial charge on any atom is -0.375 e. The molecule has 2 aromatic carbocycles. The first-order chi connectivity index (χ1) is 22.4. The van der Waals surface area contributed by atoms with Gasteiger partial charge in [0.1, 0.15) is 23.8 Å². The lowest BCUT2D eigenvalue weighted by molar-refractivity contribution is -0.151. The number of aromatic nitrogens is 3. The van der Waals surface area contributed by atoms with Crippen LogP contribution in [0.3, 0.4) is 0 Å². The van der Waals surface area contributed by atoms with Gasteiger partial charge < -0.3 is 14.4 Å². The van der Waals surface area contributed by atoms with E-state index in [2.05, 4.69) is 41.0 Å². The van der Waals surface area contributed by atoms with Crippen LogP contribution >= 0.6 is 11.6 Å². The van der Waals surface area contributed by atoms with E-state index in [0.29, 0.717) is 62.0 Å². The van der Waals surface area contributed by atoms with E-state index in [1.54, 1.807) is 11.0 Å². The predicted octanol–water partition coefficient (Wildman–Crippen LogP) is 5.96. The van der Waals surface area contributed by atoms with Crippen molar-refractivity contribution in [2.45, 2.75) is 94.1 Å². The molecule has 1 spiro atoms. The van der Waals surface area contributed by atoms with Crippen molar-refractivity contribution < 1.29 is 23.0 Å². The maximum Gasteiger partial charge on any atom is 0.226 e. The van der Waals surface area contributed by atoms with E-state index in [0.717, 1.165) is 41.5 Å². The quantitative estimate of drug-likeness (QED) is 0.335. The Morgan fingerprint density at radius 1 is 1.06 bits per heavy atom. The van der Waals surface area contributed by atoms with Crippen molar-refractivity contribution in [3.05, 3.63) is 81.4 Å². The first-order valence-electron chi connectivity index (χ1n) is 16.9. The maximum atomic E-state index is 15.3. The van der Waals surface area contributed by atoms with Gasteiger partial charge >= 0.3 is 0 Å². The second-order valence-electron chi connectivity index (χ2n) is 15.0. The second-order valence-corrected chi connectivity index (χ2v) is 15.4. The average molecular weight is 666 g/mol. The largest absolute Gasteiger partial charge is 0.375 e. The van der Waals surface area contributed by atoms with Gasteiger partial charge in [-0.05, 0) is 93.2 Å². The summed E-state index contributed by atoms with van der Waals surface area (Å²) in [6.07, 6.45) is 5.12. The first-order valence-corrected chi connectivity index (χ1v) is 17.3. The number of benzene rings is 2. The third kappa shape index (κ3) is 5.04. The molecule has 0 radical (unpaired) electrons. The fourth-order valence-corrected chi connectivity index (χ4v) is 9.65. The van der Waals surface area contributed by atoms with Gasteiger partial charge in [-0.2, -0.15) is 5.10 Å². The van der Waals surface area contributed by atoms with Crippen molar-refractivity contribution in [3.63, 3.8) is 0 Å². The SMILES string of the molecule is Cc1cc2c(cc1Cl)C1(CCN(C(=O)[C@@H]3C[C@H](N4C[C@@H]5C[C@H]4CO5)C[C@H]3c3ccc(F)cc3F)CC1)OC2C(C)(C)c1ncnn1C. The van der Waals surface area contributed by atoms with Gasteiger partial charge in [-0.25, -0.2) is 13.8 Å². The van der Waals surface area contributed by atoms with Crippen molar-refractivity contribution in [2.75, 3.05) is 26.2 Å². The molecule has 4 fully saturated rings. The number of likely N-dealkylation sites (tertiary alicyclic amines) is 2. The monoisotopic (exact) mass is 665 g/mol. The molecule has 1 amide bonds. The third-order valence-corrected chi connectivity index (χ3v) is 12.3. The summed E-state index contributed by atoms with van der Waals surface area (Å²) in [5.74, 6) is -0.994. The zero-order valence-electron chi connectivity index (χ0n) is 27.4. The van der Waals surface area contributed by atoms with Gasteiger partial charge in [-0.15, -0.1) is 0 Å². The van der Waals surface area contributed by atoms with Crippen molar-refractivity contribution in [2.24, 2.45) is 13.0 Å². The molecule has 1 unspecified atom stereocenters. The molecule has 6 atom stereocenters. The van der Waals surface area contributed by atoms with Crippen molar-refractivity contribution in [3.8, 4) is 0 Å². The topological polar surface area (TPSA) is 72.7 Å². The Hall–Kier alpha value is -2.92. The standard InChI is InChI=1S/C36H42ClF2N5O3/c1-20-11-28-29(16-30(20)37)36(47-32(28)35(2,3)34-40-19-41-42(34)4)7-9-43(10-8-36)33(45)27-15-22(44-17-24-13-23(44)18-46-24)14-26(27)25-6-5-21(38)12-31(25)39/h5-6,11-12,16,19,22-24,26-27,32H,7-10,13-15,17-18H2,1-4H3/t22-,23+,24+,26+,27-,32?/m1/s1. The molecule has 5 heterocycles. The van der Waals surface area contributed by atoms with E-state index < -0.39 is 22.7 Å². The molecule has 250 valence electrons. The molecule has 3 aromatic rings. The zero-order chi connectivity index (χ0) is 32.8. The van der Waals surface area contributed by atoms with Crippen LogP contribution in [-0.2, 0) is 32.3 Å². The van der Waals surface area contributed by atoms with Gasteiger partial charge in [-0.3, -0.25) is 14.4 Å². The van der Waals surface area contributed by atoms with Crippen LogP contribution in [0.2, 0.25) is 5.02 Å². The van der Waals surface area contributed by atoms with Crippen LogP contribution in [0, 0.1) is 24.5 Å². The number of ether oxygens (including phenoxy) is 2. The molecule has 4 aliphatic heterocycles. The van der Waals surface area contributed by atoms with Crippen LogP contribution in [0.5, 0.6) is 0 Å². The molecule has 1 aromatic heterocycles. The smallest absolute Gasteiger partial charge is 0.226 e. The van der Waals surface area contributed by atoms with Crippen LogP contribution in [0.25, 0.3) is 0 Å². The Labute approximate surface area is 279 Å². The lowest BCUT2D eigenvalue weighted by atomic mass is 9.78. The lowest BCUT2D eigenvalue weighted by Crippen LogP contribution is -2.48. The Balaban J connectivity index is 1.06. The summed E-state index contributed by atoms with van der Waals surface area (Å²) in [5.41, 5.74) is 2.54. The normalized spacial score (nSPS) is 30.1. The Bertz CT molecular complexity index is 1720. The number of rotatable bonds is 5. The Morgan fingerprint density at radius 3 is 2.51 bits per heavy atom. The van der Waals surface area contributed by atoms with E-state index in [4.69, 9.17) is 21.1 Å². The number of nitrogens with zero attached hydrogens (tertiary/aromatic N) is 5. The molecule has 8 nitrogen and oxygen atoms in total. The van der Waals surface area contributed by atoms with Crippen LogP contribution in [-0.4, -0.2) is 74.9 Å². The van der Waals surface area contributed by atoms with Crippen LogP contribution in [0.1, 0.15) is 86.1 Å². The van der Waals surface area contributed by atoms with Crippen molar-refractivity contribution in [1.29, 1.82) is 0 Å². The number of aryl methyl sites for hydroxylation is 2. The second kappa shape index (κ2) is 11.3. The molecular formula is C36H42ClF2N5O3. The number of carbonyl (C=O) groups excluding carboxylic acids is 1. The summed E-state index contributed by atoms with van der Waals surface area (Å²) in [4.78, 5) is 23.5. The number of hydrogen-bond donors (Lipinski definition) is 0. The van der Waals surface area contributed by atoms with Crippen molar-refractivity contribution in [1.82, 2.24) is 24.6 Å². The minimum absolute atomic E-state index is 0.0489. The number of fused-ring (bicyclic) bond motifs is 4. The van der Waals surface area contributed by atoms with Crippen LogP contribution < -0.4 is 0 Å². The van der Waals surface area contributed by atoms with Gasteiger partial charge in [0.15, 0.2) is 0 Å². The highest BCUT2D eigenvalue weighted by molar-refractivity contribution is 6.31. The van der Waals surface area contributed by atoms with E-state index in [1.807, 2.05) is 18.9 Å². The summed E-state index contributed by atoms with van der Waals surface area (Å²) in [6.45, 7) is 8.88. The Morgan fingerprint density at radius 2 is 1.85 bits per heavy atom. The number of carbonyl (C=O) groups is 1. The zero-order valence-corrected chi connectivity index (χ0v) is 28.1. The molecular weight excluding hydrogens is 624 g/mol. The summed E-state index contributed by atoms with van der Waals surface area (Å²) in [5, 5.41) is 5.02. The number of amides is 1. The van der Waals surface area contributed by atoms with Crippen LogP contribution in [0.4, 0.5) is 8.78 Å². The number of hydrogen-bond acceptors (Lipinski definition) is 6. The molecule has 3 saturated heterocycles. The molecule has 11 heteroatoms. The number of halogens is 3. The van der Waals surface area contributed by atoms with Gasteiger partial charge in [-0.1, -0.05) is 23.7 Å². The predicted molar refractivity (Wildman–Crippen MR) is 172 cm³/mol. The number of piperidine rings is 1. The summed E-state index contributed by atoms with van der Waals surface area (Å²) >= 11 is 6.72. The van der Waals surface area contributed by atoms with Crippen molar-refractivity contribution >= 4 is 17.5 Å². The fraction of sp³-hybridized carbons (Fsp3) is 0.583. The lowest BCUT2D eigenvalue weighted by Gasteiger charge is -2.42. The molecule has 47 heavy (non-hydrogen) atoms. The molecule has 8 rings (SSSR count). The van der Waals surface area contributed by atoms with Gasteiger partial charge in [0.2, 0.25) is 5.91 Å². The van der Waals surface area contributed by atoms with Gasteiger partial charge in [0, 0.05) is 55.8 Å². The van der Waals surface area contributed by atoms with E-state index in [-0.39, 0.29) is 36.0 Å². The first kappa shape index (κ1) is 31.4.